The van der Waals surface area contributed by atoms with E-state index in [1.54, 1.807) is 0 Å². The quantitative estimate of drug-likeness (QED) is 0.308. The number of benzene rings is 2. The molecule has 0 atom stereocenters. The second kappa shape index (κ2) is 10.8. The standard InChI is InChI=1S/C20H25N3O3/c1-25-19(24)13-6-3-7-14-22-20(21)23-16-9-8-12-18(15-16)26-17-10-4-2-5-11-17/h2,4-5,8-12,15H,3,6-7,13-14H2,1H3,(H3,21,22,23). The average molecular weight is 355 g/mol. The fourth-order valence-corrected chi connectivity index (χ4v) is 2.31. The van der Waals surface area contributed by atoms with Gasteiger partial charge in [0.15, 0.2) is 5.96 Å². The zero-order valence-electron chi connectivity index (χ0n) is 15.0. The number of anilines is 1. The van der Waals surface area contributed by atoms with Gasteiger partial charge in [0, 0.05) is 24.7 Å². The van der Waals surface area contributed by atoms with Gasteiger partial charge in [-0.05, 0) is 37.1 Å². The maximum Gasteiger partial charge on any atom is 0.305 e. The van der Waals surface area contributed by atoms with Gasteiger partial charge in [-0.2, -0.15) is 0 Å². The molecule has 0 saturated carbocycles. The van der Waals surface area contributed by atoms with Gasteiger partial charge in [-0.3, -0.25) is 9.79 Å². The smallest absolute Gasteiger partial charge is 0.305 e. The molecular formula is C20H25N3O3. The molecule has 0 aromatic heterocycles. The number of nitrogens with two attached hydrogens (primary N) is 1. The van der Waals surface area contributed by atoms with Gasteiger partial charge in [0.1, 0.15) is 11.5 Å². The molecule has 3 N–H and O–H groups in total. The van der Waals surface area contributed by atoms with Gasteiger partial charge in [0.05, 0.1) is 7.11 Å². The van der Waals surface area contributed by atoms with Crippen LogP contribution in [0.1, 0.15) is 25.7 Å². The Kier molecular flexibility index (Phi) is 7.99. The molecule has 0 radical (unpaired) electrons. The third-order valence-electron chi connectivity index (χ3n) is 3.63. The van der Waals surface area contributed by atoms with Gasteiger partial charge < -0.3 is 20.5 Å². The summed E-state index contributed by atoms with van der Waals surface area (Å²) in [6.45, 7) is 0.611. The molecule has 0 bridgehead atoms. The van der Waals surface area contributed by atoms with E-state index in [0.717, 1.165) is 36.4 Å². The van der Waals surface area contributed by atoms with Crippen LogP contribution in [0.25, 0.3) is 0 Å². The molecule has 0 spiro atoms. The third-order valence-corrected chi connectivity index (χ3v) is 3.63. The van der Waals surface area contributed by atoms with Crippen LogP contribution in [0.15, 0.2) is 59.6 Å². The molecule has 6 heteroatoms. The fraction of sp³-hybridized carbons (Fsp3) is 0.300. The lowest BCUT2D eigenvalue weighted by Gasteiger charge is -2.09. The molecule has 0 heterocycles. The SMILES string of the molecule is COC(=O)CCCCCN=C(N)Nc1cccc(Oc2ccccc2)c1. The number of ether oxygens (including phenoxy) is 2. The Morgan fingerprint density at radius 3 is 2.58 bits per heavy atom. The number of guanidine groups is 1. The van der Waals surface area contributed by atoms with Crippen molar-refractivity contribution in [3.8, 4) is 11.5 Å². The predicted molar refractivity (Wildman–Crippen MR) is 104 cm³/mol. The maximum atomic E-state index is 11.0. The largest absolute Gasteiger partial charge is 0.469 e. The van der Waals surface area contributed by atoms with Crippen LogP contribution in [0, 0.1) is 0 Å². The second-order valence-corrected chi connectivity index (χ2v) is 5.72. The summed E-state index contributed by atoms with van der Waals surface area (Å²) in [6, 6.07) is 17.1. The minimum atomic E-state index is -0.174. The molecule has 0 fully saturated rings. The lowest BCUT2D eigenvalue weighted by Crippen LogP contribution is -2.22. The number of hydrogen-bond acceptors (Lipinski definition) is 4. The Morgan fingerprint density at radius 2 is 1.81 bits per heavy atom. The number of methoxy groups -OCH3 is 1. The molecule has 138 valence electrons. The molecule has 2 aromatic rings. The molecule has 0 amide bonds. The summed E-state index contributed by atoms with van der Waals surface area (Å²) >= 11 is 0. The Bertz CT molecular complexity index is 717. The van der Waals surface area contributed by atoms with E-state index in [2.05, 4.69) is 15.0 Å². The number of unbranched alkanes of at least 4 members (excludes halogenated alkanes) is 2. The first kappa shape index (κ1) is 19.3. The lowest BCUT2D eigenvalue weighted by molar-refractivity contribution is -0.140. The van der Waals surface area contributed by atoms with Crippen LogP contribution >= 0.6 is 0 Å². The monoisotopic (exact) mass is 355 g/mol. The number of carbonyl (C=O) groups excluding carboxylic acids is 1. The first-order chi connectivity index (χ1) is 12.7. The molecule has 6 nitrogen and oxygen atoms in total. The Hall–Kier alpha value is -3.02. The van der Waals surface area contributed by atoms with Crippen LogP contribution in [-0.4, -0.2) is 25.6 Å². The van der Waals surface area contributed by atoms with Crippen molar-refractivity contribution >= 4 is 17.6 Å². The van der Waals surface area contributed by atoms with E-state index in [9.17, 15) is 4.79 Å². The van der Waals surface area contributed by atoms with Crippen molar-refractivity contribution in [1.29, 1.82) is 0 Å². The highest BCUT2D eigenvalue weighted by Gasteiger charge is 2.01. The van der Waals surface area contributed by atoms with Crippen LogP contribution in [0.3, 0.4) is 0 Å². The third kappa shape index (κ3) is 7.25. The zero-order chi connectivity index (χ0) is 18.6. The van der Waals surface area contributed by atoms with Crippen molar-refractivity contribution in [3.05, 3.63) is 54.6 Å². The number of hydrogen-bond donors (Lipinski definition) is 2. The van der Waals surface area contributed by atoms with Gasteiger partial charge >= 0.3 is 5.97 Å². The molecule has 0 saturated heterocycles. The average Bonchev–Trinajstić information content (AvgIpc) is 2.65. The van der Waals surface area contributed by atoms with Crippen LogP contribution in [0.2, 0.25) is 0 Å². The normalized spacial score (nSPS) is 11.0. The summed E-state index contributed by atoms with van der Waals surface area (Å²) in [5.41, 5.74) is 6.73. The summed E-state index contributed by atoms with van der Waals surface area (Å²) in [5.74, 6) is 1.68. The van der Waals surface area contributed by atoms with E-state index in [0.29, 0.717) is 18.9 Å². The Balaban J connectivity index is 1.76. The number of nitrogens with one attached hydrogen (secondary N) is 1. The van der Waals surface area contributed by atoms with Crippen molar-refractivity contribution in [3.63, 3.8) is 0 Å². The number of esters is 1. The number of rotatable bonds is 9. The lowest BCUT2D eigenvalue weighted by atomic mass is 10.2. The van der Waals surface area contributed by atoms with Crippen molar-refractivity contribution in [2.24, 2.45) is 10.7 Å². The van der Waals surface area contributed by atoms with E-state index in [4.69, 9.17) is 10.5 Å². The minimum Gasteiger partial charge on any atom is -0.469 e. The highest BCUT2D eigenvalue weighted by atomic mass is 16.5. The van der Waals surface area contributed by atoms with Gasteiger partial charge in [-0.15, -0.1) is 0 Å². The molecule has 26 heavy (non-hydrogen) atoms. The topological polar surface area (TPSA) is 85.9 Å². The molecule has 2 aromatic carbocycles. The van der Waals surface area contributed by atoms with E-state index in [-0.39, 0.29) is 5.97 Å². The minimum absolute atomic E-state index is 0.174. The highest BCUT2D eigenvalue weighted by molar-refractivity contribution is 5.92. The van der Waals surface area contributed by atoms with Crippen molar-refractivity contribution in [2.75, 3.05) is 19.0 Å². The van der Waals surface area contributed by atoms with E-state index >= 15 is 0 Å². The van der Waals surface area contributed by atoms with Crippen LogP contribution < -0.4 is 15.8 Å². The van der Waals surface area contributed by atoms with Gasteiger partial charge in [0.25, 0.3) is 0 Å². The predicted octanol–water partition coefficient (Wildman–Crippen LogP) is 3.94. The summed E-state index contributed by atoms with van der Waals surface area (Å²) in [5, 5.41) is 3.06. The van der Waals surface area contributed by atoms with Crippen LogP contribution in [0.5, 0.6) is 11.5 Å². The number of nitrogens with zero attached hydrogens (tertiary/aromatic N) is 1. The summed E-state index contributed by atoms with van der Waals surface area (Å²) < 4.78 is 10.4. The van der Waals surface area contributed by atoms with E-state index in [1.165, 1.54) is 7.11 Å². The van der Waals surface area contributed by atoms with Gasteiger partial charge in [0.2, 0.25) is 0 Å². The Morgan fingerprint density at radius 1 is 1.04 bits per heavy atom. The maximum absolute atomic E-state index is 11.0. The number of aliphatic imine (C=N–C) groups is 1. The van der Waals surface area contributed by atoms with Crippen LogP contribution in [-0.2, 0) is 9.53 Å². The fourth-order valence-electron chi connectivity index (χ4n) is 2.31. The van der Waals surface area contributed by atoms with E-state index in [1.807, 2.05) is 54.6 Å². The van der Waals surface area contributed by atoms with Gasteiger partial charge in [-0.1, -0.05) is 30.7 Å². The molecule has 0 unspecified atom stereocenters. The number of para-hydroxylation sites is 1. The van der Waals surface area contributed by atoms with Crippen LogP contribution in [0.4, 0.5) is 5.69 Å². The zero-order valence-corrected chi connectivity index (χ0v) is 15.0. The first-order valence-corrected chi connectivity index (χ1v) is 8.64. The summed E-state index contributed by atoms with van der Waals surface area (Å²) in [4.78, 5) is 15.3. The second-order valence-electron chi connectivity index (χ2n) is 5.72. The molecule has 0 aliphatic carbocycles. The molecule has 0 aliphatic rings. The van der Waals surface area contributed by atoms with Crippen molar-refractivity contribution < 1.29 is 14.3 Å². The van der Waals surface area contributed by atoms with E-state index < -0.39 is 0 Å². The summed E-state index contributed by atoms with van der Waals surface area (Å²) in [6.07, 6.45) is 3.03. The number of carbonyl (C=O) groups is 1. The van der Waals surface area contributed by atoms with Crippen molar-refractivity contribution in [1.82, 2.24) is 0 Å². The van der Waals surface area contributed by atoms with Crippen molar-refractivity contribution in [2.45, 2.75) is 25.7 Å². The molecule has 0 aliphatic heterocycles. The Labute approximate surface area is 154 Å². The highest BCUT2D eigenvalue weighted by Crippen LogP contribution is 2.23. The first-order valence-electron chi connectivity index (χ1n) is 8.64. The molecule has 2 rings (SSSR count). The van der Waals surface area contributed by atoms with Gasteiger partial charge in [-0.25, -0.2) is 0 Å². The molecular weight excluding hydrogens is 330 g/mol. The summed E-state index contributed by atoms with van der Waals surface area (Å²) in [7, 11) is 1.40.